The molecule has 2 aromatic carbocycles. The van der Waals surface area contributed by atoms with Crippen LogP contribution in [0.25, 0.3) is 20.2 Å². The Morgan fingerprint density at radius 2 is 1.93 bits per heavy atom. The number of fused-ring (bicyclic) bond motifs is 3. The predicted octanol–water partition coefficient (Wildman–Crippen LogP) is 4.41. The van der Waals surface area contributed by atoms with E-state index in [0.29, 0.717) is 5.75 Å². The molecule has 1 nitrogen and oxygen atoms in total. The minimum absolute atomic E-state index is 0.338. The number of benzene rings is 2. The Morgan fingerprint density at radius 3 is 2.80 bits per heavy atom. The van der Waals surface area contributed by atoms with E-state index in [1.54, 1.807) is 17.4 Å². The lowest BCUT2D eigenvalue weighted by molar-refractivity contribution is 0.482. The van der Waals surface area contributed by atoms with Crippen molar-refractivity contribution in [2.45, 2.75) is 0 Å². The lowest BCUT2D eigenvalue weighted by Crippen LogP contribution is -1.67. The van der Waals surface area contributed by atoms with Crippen LogP contribution in [0, 0.1) is 0 Å². The maximum atomic E-state index is 9.72. The quantitative estimate of drug-likeness (QED) is 0.611. The Kier molecular flexibility index (Phi) is 1.87. The van der Waals surface area contributed by atoms with Crippen LogP contribution in [0.4, 0.5) is 0 Å². The van der Waals surface area contributed by atoms with Crippen LogP contribution in [0.2, 0.25) is 5.02 Å². The highest BCUT2D eigenvalue weighted by Gasteiger charge is 2.07. The molecular weight excluding hydrogens is 228 g/mol. The van der Waals surface area contributed by atoms with Crippen molar-refractivity contribution >= 4 is 43.1 Å². The van der Waals surface area contributed by atoms with Crippen LogP contribution >= 0.6 is 22.9 Å². The highest BCUT2D eigenvalue weighted by Crippen LogP contribution is 2.39. The molecule has 0 radical (unpaired) electrons. The number of aromatic hydroxyl groups is 1. The van der Waals surface area contributed by atoms with E-state index in [2.05, 4.69) is 0 Å². The van der Waals surface area contributed by atoms with E-state index in [-0.39, 0.29) is 0 Å². The number of halogens is 1. The van der Waals surface area contributed by atoms with E-state index >= 15 is 0 Å². The zero-order valence-electron chi connectivity index (χ0n) is 7.70. The van der Waals surface area contributed by atoms with Gasteiger partial charge >= 0.3 is 0 Å². The lowest BCUT2D eigenvalue weighted by atomic mass is 10.1. The normalized spacial score (nSPS) is 11.3. The molecule has 0 saturated heterocycles. The van der Waals surface area contributed by atoms with Crippen molar-refractivity contribution in [3.63, 3.8) is 0 Å². The minimum atomic E-state index is 0.338. The minimum Gasteiger partial charge on any atom is -0.506 e. The van der Waals surface area contributed by atoms with Crippen molar-refractivity contribution in [2.24, 2.45) is 0 Å². The first-order valence-corrected chi connectivity index (χ1v) is 5.75. The number of hydrogen-bond acceptors (Lipinski definition) is 2. The SMILES string of the molecule is Oc1cccc2c1sc1cc(Cl)ccc12. The standard InChI is InChI=1S/C12H7ClOS/c13-7-4-5-8-9-2-1-3-10(14)12(9)15-11(8)6-7/h1-6,14H. The Morgan fingerprint density at radius 1 is 1.07 bits per heavy atom. The van der Waals surface area contributed by atoms with Crippen molar-refractivity contribution in [3.8, 4) is 5.75 Å². The molecule has 3 heteroatoms. The van der Waals surface area contributed by atoms with Gasteiger partial charge in [-0.1, -0.05) is 29.8 Å². The van der Waals surface area contributed by atoms with Gasteiger partial charge in [0.1, 0.15) is 5.75 Å². The zero-order chi connectivity index (χ0) is 10.4. The second-order valence-electron chi connectivity index (χ2n) is 3.40. The maximum absolute atomic E-state index is 9.72. The Bertz CT molecular complexity index is 657. The third kappa shape index (κ3) is 1.29. The van der Waals surface area contributed by atoms with Gasteiger partial charge in [0.2, 0.25) is 0 Å². The summed E-state index contributed by atoms with van der Waals surface area (Å²) in [6.45, 7) is 0. The van der Waals surface area contributed by atoms with Crippen LogP contribution < -0.4 is 0 Å². The van der Waals surface area contributed by atoms with Crippen molar-refractivity contribution < 1.29 is 5.11 Å². The molecule has 3 rings (SSSR count). The zero-order valence-corrected chi connectivity index (χ0v) is 9.27. The van der Waals surface area contributed by atoms with Gasteiger partial charge in [-0.25, -0.2) is 0 Å². The molecule has 15 heavy (non-hydrogen) atoms. The molecule has 0 aliphatic carbocycles. The van der Waals surface area contributed by atoms with E-state index < -0.39 is 0 Å². The lowest BCUT2D eigenvalue weighted by Gasteiger charge is -1.93. The maximum Gasteiger partial charge on any atom is 0.133 e. The molecule has 1 N–H and O–H groups in total. The molecule has 0 fully saturated rings. The van der Waals surface area contributed by atoms with E-state index in [1.165, 1.54) is 0 Å². The molecule has 0 unspecified atom stereocenters. The van der Waals surface area contributed by atoms with Gasteiger partial charge in [0.15, 0.2) is 0 Å². The highest BCUT2D eigenvalue weighted by molar-refractivity contribution is 7.26. The molecule has 0 amide bonds. The van der Waals surface area contributed by atoms with Gasteiger partial charge in [-0.05, 0) is 18.2 Å². The smallest absolute Gasteiger partial charge is 0.133 e. The van der Waals surface area contributed by atoms with Gasteiger partial charge < -0.3 is 5.11 Å². The first kappa shape index (κ1) is 9.01. The van der Waals surface area contributed by atoms with Crippen LogP contribution in [0.3, 0.4) is 0 Å². The second kappa shape index (κ2) is 3.12. The van der Waals surface area contributed by atoms with Gasteiger partial charge in [0.05, 0.1) is 4.70 Å². The molecule has 0 bridgehead atoms. The summed E-state index contributed by atoms with van der Waals surface area (Å²) >= 11 is 7.50. The summed E-state index contributed by atoms with van der Waals surface area (Å²) in [5, 5.41) is 12.7. The van der Waals surface area contributed by atoms with Crippen molar-refractivity contribution in [3.05, 3.63) is 41.4 Å². The van der Waals surface area contributed by atoms with Gasteiger partial charge in [0.25, 0.3) is 0 Å². The Labute approximate surface area is 95.5 Å². The summed E-state index contributed by atoms with van der Waals surface area (Å²) in [6.07, 6.45) is 0. The van der Waals surface area contributed by atoms with Crippen LogP contribution in [-0.4, -0.2) is 5.11 Å². The molecule has 1 heterocycles. The van der Waals surface area contributed by atoms with Crippen molar-refractivity contribution in [1.29, 1.82) is 0 Å². The number of rotatable bonds is 0. The average molecular weight is 235 g/mol. The van der Waals surface area contributed by atoms with Crippen LogP contribution in [0.15, 0.2) is 36.4 Å². The van der Waals surface area contributed by atoms with E-state index in [1.807, 2.05) is 30.3 Å². The topological polar surface area (TPSA) is 20.2 Å². The largest absolute Gasteiger partial charge is 0.506 e. The van der Waals surface area contributed by atoms with Gasteiger partial charge in [-0.2, -0.15) is 0 Å². The van der Waals surface area contributed by atoms with Crippen LogP contribution in [0.1, 0.15) is 0 Å². The summed E-state index contributed by atoms with van der Waals surface area (Å²) in [4.78, 5) is 0. The predicted molar refractivity (Wildman–Crippen MR) is 66.0 cm³/mol. The number of thiophene rings is 1. The molecule has 0 atom stereocenters. The molecular formula is C12H7ClOS. The molecule has 3 aromatic rings. The molecule has 0 saturated carbocycles. The van der Waals surface area contributed by atoms with Gasteiger partial charge in [-0.3, -0.25) is 0 Å². The monoisotopic (exact) mass is 234 g/mol. The summed E-state index contributed by atoms with van der Waals surface area (Å²) in [5.41, 5.74) is 0. The van der Waals surface area contributed by atoms with Gasteiger partial charge in [-0.15, -0.1) is 11.3 Å². The highest BCUT2D eigenvalue weighted by atomic mass is 35.5. The number of hydrogen-bond donors (Lipinski definition) is 1. The molecule has 0 aliphatic rings. The molecule has 0 spiro atoms. The Balaban J connectivity index is 2.57. The number of phenols is 1. The van der Waals surface area contributed by atoms with Gasteiger partial charge in [0, 0.05) is 20.5 Å². The first-order chi connectivity index (χ1) is 7.25. The summed E-state index contributed by atoms with van der Waals surface area (Å²) in [5.74, 6) is 0.338. The second-order valence-corrected chi connectivity index (χ2v) is 4.89. The van der Waals surface area contributed by atoms with Crippen molar-refractivity contribution in [1.82, 2.24) is 0 Å². The summed E-state index contributed by atoms with van der Waals surface area (Å²) < 4.78 is 2.04. The molecule has 1 aromatic heterocycles. The average Bonchev–Trinajstić information content (AvgIpc) is 2.57. The van der Waals surface area contributed by atoms with Crippen LogP contribution in [0.5, 0.6) is 5.75 Å². The third-order valence-electron chi connectivity index (χ3n) is 2.44. The number of phenolic OH excluding ortho intramolecular Hbond substituents is 1. The third-order valence-corrected chi connectivity index (χ3v) is 3.87. The summed E-state index contributed by atoms with van der Waals surface area (Å²) in [6, 6.07) is 11.4. The Hall–Kier alpha value is -1.25. The molecule has 74 valence electrons. The fourth-order valence-electron chi connectivity index (χ4n) is 1.76. The molecule has 0 aliphatic heterocycles. The van der Waals surface area contributed by atoms with E-state index in [4.69, 9.17) is 11.6 Å². The van der Waals surface area contributed by atoms with E-state index in [9.17, 15) is 5.11 Å². The van der Waals surface area contributed by atoms with E-state index in [0.717, 1.165) is 25.2 Å². The fourth-order valence-corrected chi connectivity index (χ4v) is 3.15. The first-order valence-electron chi connectivity index (χ1n) is 4.55. The fraction of sp³-hybridized carbons (Fsp3) is 0. The van der Waals surface area contributed by atoms with Crippen molar-refractivity contribution in [2.75, 3.05) is 0 Å². The summed E-state index contributed by atoms with van der Waals surface area (Å²) in [7, 11) is 0. The van der Waals surface area contributed by atoms with Crippen LogP contribution in [-0.2, 0) is 0 Å².